The summed E-state index contributed by atoms with van der Waals surface area (Å²) in [6, 6.07) is 17.2. The normalized spacial score (nSPS) is 10.8. The fourth-order valence-electron chi connectivity index (χ4n) is 3.21. The summed E-state index contributed by atoms with van der Waals surface area (Å²) in [7, 11) is 0. The molecule has 0 saturated carbocycles. The molecule has 0 aliphatic carbocycles. The van der Waals surface area contributed by atoms with Crippen molar-refractivity contribution in [1.29, 1.82) is 0 Å². The smallest absolute Gasteiger partial charge is 0.234 e. The topological polar surface area (TPSA) is 77.8 Å². The number of carbonyl (C=O) groups excluding carboxylic acids is 1. The molecule has 164 valence electrons. The molecule has 0 fully saturated rings. The first kappa shape index (κ1) is 21.7. The van der Waals surface area contributed by atoms with Crippen LogP contribution >= 0.6 is 11.8 Å². The highest BCUT2D eigenvalue weighted by Gasteiger charge is 2.13. The van der Waals surface area contributed by atoms with Crippen molar-refractivity contribution in [3.05, 3.63) is 67.0 Å². The summed E-state index contributed by atoms with van der Waals surface area (Å²) in [6.45, 7) is 5.03. The van der Waals surface area contributed by atoms with Crippen LogP contribution in [0.25, 0.3) is 16.8 Å². The number of carbonyl (C=O) groups is 1. The van der Waals surface area contributed by atoms with E-state index in [0.717, 1.165) is 27.5 Å². The van der Waals surface area contributed by atoms with E-state index >= 15 is 0 Å². The Labute approximate surface area is 190 Å². The zero-order valence-electron chi connectivity index (χ0n) is 17.9. The van der Waals surface area contributed by atoms with Crippen molar-refractivity contribution in [2.45, 2.75) is 18.9 Å². The summed E-state index contributed by atoms with van der Waals surface area (Å²) in [4.78, 5) is 17.0. The second-order valence-electron chi connectivity index (χ2n) is 6.82. The van der Waals surface area contributed by atoms with Gasteiger partial charge in [0.1, 0.15) is 16.5 Å². The number of ether oxygens (including phenoxy) is 2. The van der Waals surface area contributed by atoms with Crippen molar-refractivity contribution in [2.75, 3.05) is 24.3 Å². The molecule has 0 spiro atoms. The van der Waals surface area contributed by atoms with Gasteiger partial charge in [0.2, 0.25) is 5.91 Å². The third kappa shape index (κ3) is 5.03. The van der Waals surface area contributed by atoms with Crippen LogP contribution in [0.1, 0.15) is 13.8 Å². The molecule has 4 rings (SSSR count). The molecule has 0 bridgehead atoms. The van der Waals surface area contributed by atoms with Gasteiger partial charge in [0.15, 0.2) is 0 Å². The Hall–Kier alpha value is -3.52. The van der Waals surface area contributed by atoms with Crippen LogP contribution < -0.4 is 14.8 Å². The highest BCUT2D eigenvalue weighted by atomic mass is 32.2. The van der Waals surface area contributed by atoms with E-state index in [1.54, 1.807) is 16.9 Å². The number of fused-ring (bicyclic) bond motifs is 1. The summed E-state index contributed by atoms with van der Waals surface area (Å²) >= 11 is 1.37. The van der Waals surface area contributed by atoms with Gasteiger partial charge in [-0.25, -0.2) is 9.50 Å². The first-order valence-electron chi connectivity index (χ1n) is 10.4. The molecule has 1 N–H and O–H groups in total. The summed E-state index contributed by atoms with van der Waals surface area (Å²) < 4.78 is 12.9. The maximum Gasteiger partial charge on any atom is 0.234 e. The van der Waals surface area contributed by atoms with E-state index in [0.29, 0.717) is 24.7 Å². The Morgan fingerprint density at radius 3 is 2.62 bits per heavy atom. The standard InChI is InChI=1S/C24H24N4O3S/c1-3-30-18-11-9-17(10-12-18)20-15-21-24(25-13-14-28(21)27-20)32-16-23(29)26-19-7-5-6-8-22(19)31-4-2/h5-15H,3-4,16H2,1-2H3,(H,26,29). The fourth-order valence-corrected chi connectivity index (χ4v) is 3.99. The monoisotopic (exact) mass is 448 g/mol. The Kier molecular flexibility index (Phi) is 6.91. The number of nitrogens with one attached hydrogen (secondary N) is 1. The minimum absolute atomic E-state index is 0.128. The van der Waals surface area contributed by atoms with Crippen molar-refractivity contribution in [1.82, 2.24) is 14.6 Å². The summed E-state index contributed by atoms with van der Waals surface area (Å²) in [5.74, 6) is 1.58. The second kappa shape index (κ2) is 10.2. The SMILES string of the molecule is CCOc1ccc(-c2cc3c(SCC(=O)Nc4ccccc4OCC)nccn3n2)cc1. The highest BCUT2D eigenvalue weighted by molar-refractivity contribution is 8.00. The number of anilines is 1. The molecular weight excluding hydrogens is 424 g/mol. The van der Waals surface area contributed by atoms with Crippen LogP contribution in [0.5, 0.6) is 11.5 Å². The Balaban J connectivity index is 1.47. The number of nitrogens with zero attached hydrogens (tertiary/aromatic N) is 3. The third-order valence-corrected chi connectivity index (χ3v) is 5.61. The van der Waals surface area contributed by atoms with Crippen molar-refractivity contribution < 1.29 is 14.3 Å². The van der Waals surface area contributed by atoms with E-state index in [2.05, 4.69) is 15.4 Å². The van der Waals surface area contributed by atoms with Crippen LogP contribution in [0, 0.1) is 0 Å². The van der Waals surface area contributed by atoms with Crippen LogP contribution in [0.15, 0.2) is 72.0 Å². The van der Waals surface area contributed by atoms with Gasteiger partial charge in [-0.2, -0.15) is 5.10 Å². The molecule has 2 heterocycles. The van der Waals surface area contributed by atoms with Gasteiger partial charge < -0.3 is 14.8 Å². The van der Waals surface area contributed by atoms with Crippen molar-refractivity contribution in [2.24, 2.45) is 0 Å². The molecule has 32 heavy (non-hydrogen) atoms. The van der Waals surface area contributed by atoms with Crippen LogP contribution in [-0.2, 0) is 4.79 Å². The largest absolute Gasteiger partial charge is 0.494 e. The molecule has 8 heteroatoms. The minimum Gasteiger partial charge on any atom is -0.494 e. The van der Waals surface area contributed by atoms with Gasteiger partial charge in [-0.05, 0) is 56.3 Å². The summed E-state index contributed by atoms with van der Waals surface area (Å²) in [5, 5.41) is 8.31. The molecule has 0 aliphatic rings. The third-order valence-electron chi connectivity index (χ3n) is 4.62. The van der Waals surface area contributed by atoms with E-state index in [1.165, 1.54) is 11.8 Å². The molecule has 0 saturated heterocycles. The summed E-state index contributed by atoms with van der Waals surface area (Å²) in [5.41, 5.74) is 3.33. The fraction of sp³-hybridized carbons (Fsp3) is 0.208. The van der Waals surface area contributed by atoms with Gasteiger partial charge in [-0.15, -0.1) is 0 Å². The van der Waals surface area contributed by atoms with Crippen molar-refractivity contribution in [3.8, 4) is 22.8 Å². The molecule has 2 aromatic carbocycles. The number of rotatable bonds is 9. The average molecular weight is 449 g/mol. The van der Waals surface area contributed by atoms with E-state index in [1.807, 2.05) is 68.4 Å². The van der Waals surface area contributed by atoms with E-state index in [4.69, 9.17) is 9.47 Å². The van der Waals surface area contributed by atoms with E-state index < -0.39 is 0 Å². The minimum atomic E-state index is -0.128. The zero-order valence-corrected chi connectivity index (χ0v) is 18.8. The predicted octanol–water partition coefficient (Wildman–Crippen LogP) is 4.92. The second-order valence-corrected chi connectivity index (χ2v) is 7.78. The number of hydrogen-bond acceptors (Lipinski definition) is 6. The van der Waals surface area contributed by atoms with Crippen molar-refractivity contribution in [3.63, 3.8) is 0 Å². The number of para-hydroxylation sites is 2. The first-order valence-corrected chi connectivity index (χ1v) is 11.4. The lowest BCUT2D eigenvalue weighted by molar-refractivity contribution is -0.113. The van der Waals surface area contributed by atoms with E-state index in [9.17, 15) is 4.79 Å². The number of hydrogen-bond donors (Lipinski definition) is 1. The maximum absolute atomic E-state index is 12.5. The Morgan fingerprint density at radius 2 is 1.84 bits per heavy atom. The molecule has 1 amide bonds. The number of benzene rings is 2. The van der Waals surface area contributed by atoms with Crippen LogP contribution in [-0.4, -0.2) is 39.5 Å². The first-order chi connectivity index (χ1) is 15.7. The zero-order chi connectivity index (χ0) is 22.3. The molecular formula is C24H24N4O3S. The van der Waals surface area contributed by atoms with Gasteiger partial charge >= 0.3 is 0 Å². The molecule has 0 atom stereocenters. The lowest BCUT2D eigenvalue weighted by Crippen LogP contribution is -2.15. The lowest BCUT2D eigenvalue weighted by Gasteiger charge is -2.11. The van der Waals surface area contributed by atoms with Gasteiger partial charge in [0.25, 0.3) is 0 Å². The van der Waals surface area contributed by atoms with Crippen LogP contribution in [0.3, 0.4) is 0 Å². The Bertz CT molecular complexity index is 1210. The summed E-state index contributed by atoms with van der Waals surface area (Å²) in [6.07, 6.45) is 3.49. The van der Waals surface area contributed by atoms with Gasteiger partial charge in [-0.1, -0.05) is 23.9 Å². The van der Waals surface area contributed by atoms with Crippen molar-refractivity contribution >= 4 is 28.9 Å². The lowest BCUT2D eigenvalue weighted by atomic mass is 10.1. The van der Waals surface area contributed by atoms with Gasteiger partial charge in [-0.3, -0.25) is 4.79 Å². The predicted molar refractivity (Wildman–Crippen MR) is 127 cm³/mol. The van der Waals surface area contributed by atoms with Gasteiger partial charge in [0.05, 0.1) is 35.9 Å². The maximum atomic E-state index is 12.5. The van der Waals surface area contributed by atoms with E-state index in [-0.39, 0.29) is 11.7 Å². The quantitative estimate of drug-likeness (QED) is 0.366. The molecule has 4 aromatic rings. The number of thioether (sulfide) groups is 1. The molecule has 0 radical (unpaired) electrons. The van der Waals surface area contributed by atoms with Crippen LogP contribution in [0.2, 0.25) is 0 Å². The Morgan fingerprint density at radius 1 is 1.06 bits per heavy atom. The molecule has 0 aliphatic heterocycles. The molecule has 2 aromatic heterocycles. The number of aromatic nitrogens is 3. The number of amides is 1. The van der Waals surface area contributed by atoms with Crippen LogP contribution in [0.4, 0.5) is 5.69 Å². The highest BCUT2D eigenvalue weighted by Crippen LogP contribution is 2.28. The molecule has 7 nitrogen and oxygen atoms in total. The van der Waals surface area contributed by atoms with Gasteiger partial charge in [0, 0.05) is 18.0 Å². The average Bonchev–Trinajstić information content (AvgIpc) is 3.25. The molecule has 0 unspecified atom stereocenters.